The van der Waals surface area contributed by atoms with Gasteiger partial charge in [-0.3, -0.25) is 0 Å². The average Bonchev–Trinajstić information content (AvgIpc) is 3.00. The molecule has 0 saturated heterocycles. The van der Waals surface area contributed by atoms with Gasteiger partial charge in [-0.15, -0.1) is 0 Å². The van der Waals surface area contributed by atoms with E-state index in [4.69, 9.17) is 31.5 Å². The highest BCUT2D eigenvalue weighted by Gasteiger charge is 2.25. The predicted octanol–water partition coefficient (Wildman–Crippen LogP) is 2.46. The highest BCUT2D eigenvalue weighted by Crippen LogP contribution is 2.44. The van der Waals surface area contributed by atoms with Crippen molar-refractivity contribution in [1.82, 2.24) is 4.98 Å². The van der Waals surface area contributed by atoms with E-state index in [-0.39, 0.29) is 40.2 Å². The summed E-state index contributed by atoms with van der Waals surface area (Å²) < 4.78 is 15.7. The number of fused-ring (bicyclic) bond motifs is 1. The first-order chi connectivity index (χ1) is 11.1. The number of nitriles is 2. The molecule has 8 heteroatoms. The molecule has 7 nitrogen and oxygen atoms in total. The molecule has 23 heavy (non-hydrogen) atoms. The highest BCUT2D eigenvalue weighted by atomic mass is 35.5. The van der Waals surface area contributed by atoms with Gasteiger partial charge < -0.3 is 19.9 Å². The predicted molar refractivity (Wildman–Crippen MR) is 81.2 cm³/mol. The van der Waals surface area contributed by atoms with Crippen LogP contribution in [0, 0.1) is 22.7 Å². The standard InChI is InChI=1S/C15H9ClN4O3/c1-21-15-9(5-18)13(8(4-17)14(19)20-15)7-2-11-12(3-10(7)16)23-6-22-11/h2-3H,6H2,1H3,(H2,19,20). The van der Waals surface area contributed by atoms with Gasteiger partial charge >= 0.3 is 0 Å². The van der Waals surface area contributed by atoms with Crippen LogP contribution in [0.1, 0.15) is 11.1 Å². The van der Waals surface area contributed by atoms with Crippen LogP contribution in [0.2, 0.25) is 5.02 Å². The number of nitrogens with two attached hydrogens (primary N) is 1. The zero-order valence-corrected chi connectivity index (χ0v) is 12.6. The summed E-state index contributed by atoms with van der Waals surface area (Å²) in [5.74, 6) is 0.927. The SMILES string of the molecule is COc1nc(N)c(C#N)c(-c2cc3c(cc2Cl)OCO3)c1C#N. The maximum Gasteiger partial charge on any atom is 0.234 e. The fraction of sp³-hybridized carbons (Fsp3) is 0.133. The molecular weight excluding hydrogens is 320 g/mol. The number of methoxy groups -OCH3 is 1. The Hall–Kier alpha value is -3.16. The van der Waals surface area contributed by atoms with Gasteiger partial charge in [-0.1, -0.05) is 11.6 Å². The summed E-state index contributed by atoms with van der Waals surface area (Å²) in [6.07, 6.45) is 0. The Morgan fingerprint density at radius 3 is 2.48 bits per heavy atom. The number of rotatable bonds is 2. The molecule has 0 aliphatic carbocycles. The van der Waals surface area contributed by atoms with Crippen LogP contribution in [0.25, 0.3) is 11.1 Å². The van der Waals surface area contributed by atoms with Crippen molar-refractivity contribution in [2.24, 2.45) is 0 Å². The molecule has 0 radical (unpaired) electrons. The third-order valence-corrected chi connectivity index (χ3v) is 3.65. The van der Waals surface area contributed by atoms with Gasteiger partial charge in [-0.2, -0.15) is 15.5 Å². The first-order valence-corrected chi connectivity index (χ1v) is 6.75. The van der Waals surface area contributed by atoms with E-state index >= 15 is 0 Å². The molecule has 1 aliphatic heterocycles. The van der Waals surface area contributed by atoms with Crippen LogP contribution in [0.15, 0.2) is 12.1 Å². The van der Waals surface area contributed by atoms with Crippen LogP contribution in [0.4, 0.5) is 5.82 Å². The van der Waals surface area contributed by atoms with E-state index in [1.165, 1.54) is 7.11 Å². The first-order valence-electron chi connectivity index (χ1n) is 6.37. The third kappa shape index (κ3) is 2.24. The summed E-state index contributed by atoms with van der Waals surface area (Å²) in [6, 6.07) is 7.10. The molecule has 0 spiro atoms. The summed E-state index contributed by atoms with van der Waals surface area (Å²) in [4.78, 5) is 3.93. The zero-order chi connectivity index (χ0) is 16.6. The van der Waals surface area contributed by atoms with E-state index in [0.29, 0.717) is 17.1 Å². The van der Waals surface area contributed by atoms with Crippen molar-refractivity contribution in [2.45, 2.75) is 0 Å². The molecule has 3 rings (SSSR count). The van der Waals surface area contributed by atoms with E-state index < -0.39 is 0 Å². The number of pyridine rings is 1. The lowest BCUT2D eigenvalue weighted by Crippen LogP contribution is -2.04. The lowest BCUT2D eigenvalue weighted by molar-refractivity contribution is 0.174. The molecule has 1 aliphatic rings. The van der Waals surface area contributed by atoms with Gasteiger partial charge in [0.2, 0.25) is 12.7 Å². The Morgan fingerprint density at radius 2 is 1.87 bits per heavy atom. The van der Waals surface area contributed by atoms with Crippen molar-refractivity contribution >= 4 is 17.4 Å². The van der Waals surface area contributed by atoms with Gasteiger partial charge in [0, 0.05) is 17.2 Å². The largest absolute Gasteiger partial charge is 0.480 e. The molecule has 2 heterocycles. The number of ether oxygens (including phenoxy) is 3. The number of aromatic nitrogens is 1. The summed E-state index contributed by atoms with van der Waals surface area (Å²) in [7, 11) is 1.36. The van der Waals surface area contributed by atoms with Gasteiger partial charge in [0.1, 0.15) is 29.1 Å². The summed E-state index contributed by atoms with van der Waals surface area (Å²) >= 11 is 6.29. The van der Waals surface area contributed by atoms with E-state index in [1.54, 1.807) is 12.1 Å². The van der Waals surface area contributed by atoms with Crippen molar-refractivity contribution < 1.29 is 14.2 Å². The van der Waals surface area contributed by atoms with E-state index in [2.05, 4.69) is 4.98 Å². The normalized spacial score (nSPS) is 11.7. The van der Waals surface area contributed by atoms with Gasteiger partial charge in [-0.05, 0) is 6.07 Å². The van der Waals surface area contributed by atoms with Crippen LogP contribution < -0.4 is 19.9 Å². The Bertz CT molecular complexity index is 899. The van der Waals surface area contributed by atoms with Crippen molar-refractivity contribution in [3.63, 3.8) is 0 Å². The Kier molecular flexibility index (Phi) is 3.57. The topological polar surface area (TPSA) is 114 Å². The van der Waals surface area contributed by atoms with Gasteiger partial charge in [0.25, 0.3) is 0 Å². The van der Waals surface area contributed by atoms with Crippen LogP contribution in [0.3, 0.4) is 0 Å². The average molecular weight is 329 g/mol. The number of anilines is 1. The molecule has 0 amide bonds. The summed E-state index contributed by atoms with van der Waals surface area (Å²) in [5.41, 5.74) is 6.59. The van der Waals surface area contributed by atoms with Crippen molar-refractivity contribution in [3.05, 3.63) is 28.3 Å². The number of nitrogens with zero attached hydrogens (tertiary/aromatic N) is 3. The van der Waals surface area contributed by atoms with Crippen LogP contribution in [-0.4, -0.2) is 18.9 Å². The van der Waals surface area contributed by atoms with E-state index in [0.717, 1.165) is 0 Å². The first kappa shape index (κ1) is 14.8. The summed E-state index contributed by atoms with van der Waals surface area (Å²) in [5, 5.41) is 19.2. The van der Waals surface area contributed by atoms with Gasteiger partial charge in [0.05, 0.1) is 12.1 Å². The Morgan fingerprint density at radius 1 is 1.22 bits per heavy atom. The molecule has 2 aromatic rings. The fourth-order valence-electron chi connectivity index (χ4n) is 2.32. The molecule has 1 aromatic heterocycles. The highest BCUT2D eigenvalue weighted by molar-refractivity contribution is 6.33. The number of halogens is 1. The maximum atomic E-state index is 9.47. The number of nitrogen functional groups attached to an aromatic ring is 1. The fourth-order valence-corrected chi connectivity index (χ4v) is 2.57. The minimum atomic E-state index is -0.0490. The second-order valence-electron chi connectivity index (χ2n) is 4.54. The molecule has 0 saturated carbocycles. The minimum Gasteiger partial charge on any atom is -0.480 e. The molecule has 1 aromatic carbocycles. The molecule has 2 N–H and O–H groups in total. The number of hydrogen-bond donors (Lipinski definition) is 1. The van der Waals surface area contributed by atoms with Crippen LogP contribution >= 0.6 is 11.6 Å². The van der Waals surface area contributed by atoms with Crippen LogP contribution in [-0.2, 0) is 0 Å². The molecule has 114 valence electrons. The van der Waals surface area contributed by atoms with Crippen LogP contribution in [0.5, 0.6) is 17.4 Å². The smallest absolute Gasteiger partial charge is 0.234 e. The number of hydrogen-bond acceptors (Lipinski definition) is 7. The Labute approximate surface area is 136 Å². The van der Waals surface area contributed by atoms with E-state index in [1.807, 2.05) is 12.1 Å². The van der Waals surface area contributed by atoms with Crippen molar-refractivity contribution in [2.75, 3.05) is 19.6 Å². The van der Waals surface area contributed by atoms with Gasteiger partial charge in [0.15, 0.2) is 11.5 Å². The minimum absolute atomic E-state index is 0.0210. The number of benzene rings is 1. The Balaban J connectivity index is 2.39. The summed E-state index contributed by atoms with van der Waals surface area (Å²) in [6.45, 7) is 0.0765. The van der Waals surface area contributed by atoms with Crippen molar-refractivity contribution in [3.8, 4) is 40.6 Å². The lowest BCUT2D eigenvalue weighted by atomic mass is 9.96. The zero-order valence-electron chi connectivity index (χ0n) is 11.9. The molecule has 0 atom stereocenters. The molecular formula is C15H9ClN4O3. The molecule has 0 fully saturated rings. The maximum absolute atomic E-state index is 9.47. The second kappa shape index (κ2) is 5.56. The lowest BCUT2D eigenvalue weighted by Gasteiger charge is -2.13. The quantitative estimate of drug-likeness (QED) is 0.900. The molecule has 0 unspecified atom stereocenters. The second-order valence-corrected chi connectivity index (χ2v) is 4.95. The monoisotopic (exact) mass is 328 g/mol. The van der Waals surface area contributed by atoms with E-state index in [9.17, 15) is 10.5 Å². The van der Waals surface area contributed by atoms with Gasteiger partial charge in [-0.25, -0.2) is 0 Å². The molecule has 0 bridgehead atoms. The third-order valence-electron chi connectivity index (χ3n) is 3.34. The van der Waals surface area contributed by atoms with Crippen molar-refractivity contribution in [1.29, 1.82) is 10.5 Å².